The maximum absolute atomic E-state index is 13.0. The van der Waals surface area contributed by atoms with Gasteiger partial charge in [-0.1, -0.05) is 54.1 Å². The molecule has 1 saturated heterocycles. The van der Waals surface area contributed by atoms with Crippen molar-refractivity contribution in [1.82, 2.24) is 19.8 Å². The Bertz CT molecular complexity index is 1120. The van der Waals surface area contributed by atoms with Gasteiger partial charge in [-0.05, 0) is 48.6 Å². The molecule has 1 aromatic heterocycles. The summed E-state index contributed by atoms with van der Waals surface area (Å²) in [6.45, 7) is 1.51. The summed E-state index contributed by atoms with van der Waals surface area (Å²) in [6, 6.07) is 21.0. The first-order valence-electron chi connectivity index (χ1n) is 11.5. The van der Waals surface area contributed by atoms with Crippen molar-refractivity contribution in [1.29, 1.82) is 0 Å². The molecule has 2 unspecified atom stereocenters. The third-order valence-electron chi connectivity index (χ3n) is 6.44. The third-order valence-corrected chi connectivity index (χ3v) is 6.44. The molecular weight excluding hydrogens is 412 g/mol. The average Bonchev–Trinajstić information content (AvgIpc) is 3.66. The van der Waals surface area contributed by atoms with Crippen molar-refractivity contribution in [2.75, 3.05) is 20.1 Å². The molecule has 6 heteroatoms. The molecule has 2 heterocycles. The van der Waals surface area contributed by atoms with Gasteiger partial charge >= 0.3 is 12.0 Å². The zero-order valence-electron chi connectivity index (χ0n) is 18.8. The second kappa shape index (κ2) is 9.45. The predicted octanol–water partition coefficient (Wildman–Crippen LogP) is 5.36. The van der Waals surface area contributed by atoms with E-state index in [4.69, 9.17) is 4.74 Å². The number of ether oxygens (including phenoxy) is 1. The summed E-state index contributed by atoms with van der Waals surface area (Å²) in [5, 5.41) is 0. The molecule has 0 spiro atoms. The predicted molar refractivity (Wildman–Crippen MR) is 128 cm³/mol. The summed E-state index contributed by atoms with van der Waals surface area (Å²) < 4.78 is 5.74. The van der Waals surface area contributed by atoms with Crippen LogP contribution in [0.1, 0.15) is 36.3 Å². The second-order valence-corrected chi connectivity index (χ2v) is 8.71. The number of benzene rings is 2. The van der Waals surface area contributed by atoms with Gasteiger partial charge in [0.2, 0.25) is 0 Å². The third kappa shape index (κ3) is 5.06. The molecule has 5 rings (SSSR count). The normalized spacial score (nSPS) is 19.7. The molecule has 1 aliphatic carbocycles. The van der Waals surface area contributed by atoms with E-state index in [1.165, 1.54) is 11.1 Å². The fourth-order valence-electron chi connectivity index (χ4n) is 4.51. The molecule has 0 N–H and O–H groups in total. The first-order chi connectivity index (χ1) is 16.2. The summed E-state index contributed by atoms with van der Waals surface area (Å²) in [7, 11) is 1.95. The number of hydrogen-bond acceptors (Lipinski definition) is 4. The Balaban J connectivity index is 1.16. The number of carbonyl (C=O) groups is 1. The molecule has 2 aliphatic rings. The highest BCUT2D eigenvalue weighted by Gasteiger charge is 2.44. The van der Waals surface area contributed by atoms with Crippen LogP contribution in [0.5, 0.6) is 11.8 Å². The van der Waals surface area contributed by atoms with E-state index >= 15 is 0 Å². The first-order valence-corrected chi connectivity index (χ1v) is 11.5. The van der Waals surface area contributed by atoms with Crippen molar-refractivity contribution in [3.8, 4) is 11.8 Å². The minimum atomic E-state index is 0.149. The van der Waals surface area contributed by atoms with Gasteiger partial charge in [-0.25, -0.2) is 14.8 Å². The van der Waals surface area contributed by atoms with Crippen LogP contribution in [0.25, 0.3) is 6.08 Å². The summed E-state index contributed by atoms with van der Waals surface area (Å²) in [4.78, 5) is 25.2. The number of piperidine rings is 1. The van der Waals surface area contributed by atoms with Crippen LogP contribution in [0.2, 0.25) is 0 Å². The van der Waals surface area contributed by atoms with E-state index in [9.17, 15) is 4.79 Å². The van der Waals surface area contributed by atoms with Crippen LogP contribution in [0.4, 0.5) is 4.79 Å². The highest BCUT2D eigenvalue weighted by molar-refractivity contribution is 5.75. The van der Waals surface area contributed by atoms with Crippen LogP contribution in [0.15, 0.2) is 78.6 Å². The van der Waals surface area contributed by atoms with Gasteiger partial charge in [0.05, 0.1) is 0 Å². The quantitative estimate of drug-likeness (QED) is 0.536. The maximum Gasteiger partial charge on any atom is 0.321 e. The number of amides is 2. The van der Waals surface area contributed by atoms with E-state index in [1.54, 1.807) is 18.5 Å². The van der Waals surface area contributed by atoms with Gasteiger partial charge in [0.25, 0.3) is 0 Å². The van der Waals surface area contributed by atoms with Crippen molar-refractivity contribution in [3.05, 3.63) is 89.8 Å². The maximum atomic E-state index is 13.0. The van der Waals surface area contributed by atoms with Crippen molar-refractivity contribution in [2.45, 2.75) is 31.2 Å². The van der Waals surface area contributed by atoms with E-state index in [2.05, 4.69) is 46.4 Å². The molecule has 3 aromatic rings. The van der Waals surface area contributed by atoms with Crippen LogP contribution in [-0.4, -0.2) is 52.0 Å². The smallest absolute Gasteiger partial charge is 0.321 e. The van der Waals surface area contributed by atoms with E-state index in [0.717, 1.165) is 37.9 Å². The lowest BCUT2D eigenvalue weighted by Crippen LogP contribution is -2.45. The number of likely N-dealkylation sites (N-methyl/N-ethyl adjacent to an activating group) is 1. The van der Waals surface area contributed by atoms with E-state index < -0.39 is 0 Å². The molecule has 2 fully saturated rings. The fraction of sp³-hybridized carbons (Fsp3) is 0.296. The monoisotopic (exact) mass is 440 g/mol. The molecule has 0 bridgehead atoms. The summed E-state index contributed by atoms with van der Waals surface area (Å²) >= 11 is 0. The second-order valence-electron chi connectivity index (χ2n) is 8.71. The fourth-order valence-corrected chi connectivity index (χ4v) is 4.51. The Labute approximate surface area is 194 Å². The zero-order chi connectivity index (χ0) is 22.6. The average molecular weight is 441 g/mol. The number of carbonyl (C=O) groups excluding carboxylic acids is 1. The highest BCUT2D eigenvalue weighted by atomic mass is 16.5. The minimum Gasteiger partial charge on any atom is -0.424 e. The van der Waals surface area contributed by atoms with Crippen LogP contribution < -0.4 is 4.74 Å². The number of likely N-dealkylation sites (tertiary alicyclic amines) is 1. The van der Waals surface area contributed by atoms with Crippen LogP contribution in [0, 0.1) is 0 Å². The Morgan fingerprint density at radius 2 is 1.79 bits per heavy atom. The van der Waals surface area contributed by atoms with E-state index in [1.807, 2.05) is 41.1 Å². The van der Waals surface area contributed by atoms with Crippen molar-refractivity contribution in [3.63, 3.8) is 0 Å². The summed E-state index contributed by atoms with van der Waals surface area (Å²) in [5.74, 6) is 1.18. The molecule has 1 aliphatic heterocycles. The number of aromatic nitrogens is 2. The standard InChI is InChI=1S/C27H28N4O2/c1-30(25-19-24(25)22-8-3-2-4-9-22)27(32)31-15-11-20(12-16-31)17-21-7-5-10-23(18-21)33-26-28-13-6-14-29-26/h2-10,13-14,17-18,24-25H,11-12,15-16,19H2,1H3. The lowest BCUT2D eigenvalue weighted by atomic mass is 10.0. The SMILES string of the molecule is CN(C(=O)N1CCC(=Cc2cccc(Oc3ncccn3)c2)CC1)C1CC1c1ccccc1. The van der Waals surface area contributed by atoms with Crippen LogP contribution in [0.3, 0.4) is 0 Å². The molecule has 1 saturated carbocycles. The van der Waals surface area contributed by atoms with Crippen molar-refractivity contribution >= 4 is 12.1 Å². The molecular formula is C27H28N4O2. The Morgan fingerprint density at radius 1 is 1.03 bits per heavy atom. The largest absolute Gasteiger partial charge is 0.424 e. The lowest BCUT2D eigenvalue weighted by Gasteiger charge is -2.32. The Morgan fingerprint density at radius 3 is 2.55 bits per heavy atom. The van der Waals surface area contributed by atoms with Gasteiger partial charge < -0.3 is 14.5 Å². The summed E-state index contributed by atoms with van der Waals surface area (Å²) in [5.41, 5.74) is 3.76. The molecule has 2 aromatic carbocycles. The zero-order valence-corrected chi connectivity index (χ0v) is 18.8. The van der Waals surface area contributed by atoms with Crippen LogP contribution in [-0.2, 0) is 0 Å². The molecule has 168 valence electrons. The Kier molecular flexibility index (Phi) is 6.07. The van der Waals surface area contributed by atoms with E-state index in [0.29, 0.717) is 23.7 Å². The topological polar surface area (TPSA) is 58.6 Å². The number of urea groups is 1. The van der Waals surface area contributed by atoms with E-state index in [-0.39, 0.29) is 6.03 Å². The van der Waals surface area contributed by atoms with Crippen molar-refractivity contribution < 1.29 is 9.53 Å². The van der Waals surface area contributed by atoms with Gasteiger partial charge in [0.1, 0.15) is 5.75 Å². The van der Waals surface area contributed by atoms with Crippen LogP contribution >= 0.6 is 0 Å². The molecule has 0 radical (unpaired) electrons. The molecule has 33 heavy (non-hydrogen) atoms. The van der Waals surface area contributed by atoms with Gasteiger partial charge in [0, 0.05) is 44.5 Å². The number of hydrogen-bond donors (Lipinski definition) is 0. The lowest BCUT2D eigenvalue weighted by molar-refractivity contribution is 0.156. The first kappa shape index (κ1) is 21.2. The molecule has 2 amide bonds. The van der Waals surface area contributed by atoms with Gasteiger partial charge in [-0.3, -0.25) is 0 Å². The van der Waals surface area contributed by atoms with Gasteiger partial charge in [0.15, 0.2) is 0 Å². The Hall–Kier alpha value is -3.67. The van der Waals surface area contributed by atoms with Gasteiger partial charge in [-0.2, -0.15) is 0 Å². The minimum absolute atomic E-state index is 0.149. The van der Waals surface area contributed by atoms with Crippen molar-refractivity contribution in [2.24, 2.45) is 0 Å². The molecule has 2 atom stereocenters. The molecule has 6 nitrogen and oxygen atoms in total. The number of rotatable bonds is 5. The van der Waals surface area contributed by atoms with Gasteiger partial charge in [-0.15, -0.1) is 0 Å². The highest BCUT2D eigenvalue weighted by Crippen LogP contribution is 2.44. The number of nitrogens with zero attached hydrogens (tertiary/aromatic N) is 4. The summed E-state index contributed by atoms with van der Waals surface area (Å²) in [6.07, 6.45) is 8.35.